The Labute approximate surface area is 70.3 Å². The Kier molecular flexibility index (Phi) is 8.13. The van der Waals surface area contributed by atoms with Gasteiger partial charge >= 0.3 is 0 Å². The molecule has 70 valence electrons. The molecule has 1 unspecified atom stereocenters. The average Bonchev–Trinajstić information content (AvgIpc) is 1.58. The molecule has 0 saturated carbocycles. The lowest BCUT2D eigenvalue weighted by molar-refractivity contribution is 0.148. The molecular weight excluding hydrogens is 140 g/mol. The van der Waals surface area contributed by atoms with E-state index in [-0.39, 0.29) is 12.7 Å². The molecular formula is C9H22O2. The van der Waals surface area contributed by atoms with Gasteiger partial charge in [-0.25, -0.2) is 0 Å². The van der Waals surface area contributed by atoms with Crippen LogP contribution in [0.4, 0.5) is 0 Å². The van der Waals surface area contributed by atoms with Crippen molar-refractivity contribution in [3.05, 3.63) is 0 Å². The topological polar surface area (TPSA) is 40.5 Å². The summed E-state index contributed by atoms with van der Waals surface area (Å²) in [7, 11) is 0. The third kappa shape index (κ3) is 73.0. The molecule has 0 aromatic carbocycles. The van der Waals surface area contributed by atoms with Crippen LogP contribution in [0.3, 0.4) is 0 Å². The Balaban J connectivity index is 0. The number of rotatable bonds is 2. The van der Waals surface area contributed by atoms with Gasteiger partial charge < -0.3 is 10.2 Å². The minimum atomic E-state index is -0.352. The van der Waals surface area contributed by atoms with Crippen molar-refractivity contribution in [2.24, 2.45) is 5.41 Å². The lowest BCUT2D eigenvalue weighted by atomic mass is 10.0. The Bertz CT molecular complexity index is 66.1. The molecule has 0 bridgehead atoms. The van der Waals surface area contributed by atoms with Crippen LogP contribution in [0.2, 0.25) is 0 Å². The van der Waals surface area contributed by atoms with Gasteiger partial charge in [0.15, 0.2) is 0 Å². The normalized spacial score (nSPS) is 13.4. The minimum absolute atomic E-state index is 0.0810. The lowest BCUT2D eigenvalue weighted by Crippen LogP contribution is -2.00. The summed E-state index contributed by atoms with van der Waals surface area (Å²) in [5.41, 5.74) is 0.500. The Morgan fingerprint density at radius 3 is 1.45 bits per heavy atom. The average molecular weight is 162 g/mol. The molecule has 0 rings (SSSR count). The van der Waals surface area contributed by atoms with Gasteiger partial charge in [-0.05, 0) is 18.8 Å². The van der Waals surface area contributed by atoms with Gasteiger partial charge in [0.2, 0.25) is 0 Å². The van der Waals surface area contributed by atoms with Crippen molar-refractivity contribution in [3.8, 4) is 0 Å². The minimum Gasteiger partial charge on any atom is -0.396 e. The summed E-state index contributed by atoms with van der Waals surface area (Å²) in [5, 5.41) is 16.5. The van der Waals surface area contributed by atoms with Crippen LogP contribution in [0.1, 0.15) is 41.0 Å². The standard InChI is InChI=1S/C5H12.C4H10O2/c1-5(2,3)4;1-4(6)2-3-5/h1-4H3;4-6H,2-3H2,1H3. The van der Waals surface area contributed by atoms with E-state index in [2.05, 4.69) is 27.7 Å². The first-order valence-corrected chi connectivity index (χ1v) is 4.06. The van der Waals surface area contributed by atoms with Gasteiger partial charge in [0.1, 0.15) is 0 Å². The van der Waals surface area contributed by atoms with Crippen LogP contribution < -0.4 is 0 Å². The number of aliphatic hydroxyl groups is 2. The van der Waals surface area contributed by atoms with Crippen molar-refractivity contribution < 1.29 is 10.2 Å². The molecule has 0 fully saturated rings. The molecule has 11 heavy (non-hydrogen) atoms. The van der Waals surface area contributed by atoms with Crippen molar-refractivity contribution in [2.75, 3.05) is 6.61 Å². The molecule has 0 aliphatic heterocycles. The van der Waals surface area contributed by atoms with Crippen LogP contribution in [-0.2, 0) is 0 Å². The van der Waals surface area contributed by atoms with E-state index in [0.717, 1.165) is 0 Å². The number of hydrogen-bond donors (Lipinski definition) is 2. The van der Waals surface area contributed by atoms with E-state index in [1.54, 1.807) is 6.92 Å². The quantitative estimate of drug-likeness (QED) is 0.650. The second kappa shape index (κ2) is 6.62. The second-order valence-electron chi connectivity index (χ2n) is 4.36. The van der Waals surface area contributed by atoms with E-state index >= 15 is 0 Å². The van der Waals surface area contributed by atoms with E-state index in [1.807, 2.05) is 0 Å². The predicted molar refractivity (Wildman–Crippen MR) is 48.5 cm³/mol. The van der Waals surface area contributed by atoms with Crippen molar-refractivity contribution in [1.82, 2.24) is 0 Å². The van der Waals surface area contributed by atoms with Gasteiger partial charge in [-0.1, -0.05) is 27.7 Å². The van der Waals surface area contributed by atoms with E-state index in [9.17, 15) is 0 Å². The predicted octanol–water partition coefficient (Wildman–Crippen LogP) is 1.80. The molecule has 2 heteroatoms. The zero-order valence-corrected chi connectivity index (χ0v) is 8.39. The van der Waals surface area contributed by atoms with Crippen molar-refractivity contribution in [2.45, 2.75) is 47.1 Å². The summed E-state index contributed by atoms with van der Waals surface area (Å²) in [5.74, 6) is 0. The van der Waals surface area contributed by atoms with Crippen LogP contribution in [0, 0.1) is 5.41 Å². The smallest absolute Gasteiger partial charge is 0.0533 e. The largest absolute Gasteiger partial charge is 0.396 e. The third-order valence-electron chi connectivity index (χ3n) is 0.547. The van der Waals surface area contributed by atoms with Gasteiger partial charge in [-0.3, -0.25) is 0 Å². The third-order valence-corrected chi connectivity index (χ3v) is 0.547. The molecule has 0 aromatic rings. The Morgan fingerprint density at radius 1 is 1.18 bits per heavy atom. The molecule has 1 atom stereocenters. The first-order valence-electron chi connectivity index (χ1n) is 4.06. The van der Waals surface area contributed by atoms with Gasteiger partial charge in [0, 0.05) is 6.61 Å². The summed E-state index contributed by atoms with van der Waals surface area (Å²) in [6.45, 7) is 10.5. The molecule has 0 spiro atoms. The summed E-state index contributed by atoms with van der Waals surface area (Å²) < 4.78 is 0. The molecule has 0 heterocycles. The highest BCUT2D eigenvalue weighted by Crippen LogP contribution is 2.07. The monoisotopic (exact) mass is 162 g/mol. The number of aliphatic hydroxyl groups excluding tert-OH is 2. The maximum Gasteiger partial charge on any atom is 0.0533 e. The van der Waals surface area contributed by atoms with E-state index < -0.39 is 0 Å². The molecule has 2 nitrogen and oxygen atoms in total. The molecule has 2 N–H and O–H groups in total. The Morgan fingerprint density at radius 2 is 1.45 bits per heavy atom. The molecule has 0 amide bonds. The first-order chi connectivity index (χ1) is 4.77. The maximum absolute atomic E-state index is 8.39. The molecule has 0 radical (unpaired) electrons. The summed E-state index contributed by atoms with van der Waals surface area (Å²) >= 11 is 0. The summed E-state index contributed by atoms with van der Waals surface area (Å²) in [4.78, 5) is 0. The van der Waals surface area contributed by atoms with Crippen LogP contribution in [0.25, 0.3) is 0 Å². The summed E-state index contributed by atoms with van der Waals surface area (Å²) in [6.07, 6.45) is 0.134. The number of hydrogen-bond acceptors (Lipinski definition) is 2. The van der Waals surface area contributed by atoms with Crippen molar-refractivity contribution >= 4 is 0 Å². The van der Waals surface area contributed by atoms with Crippen molar-refractivity contribution in [3.63, 3.8) is 0 Å². The van der Waals surface area contributed by atoms with Gasteiger partial charge in [-0.2, -0.15) is 0 Å². The van der Waals surface area contributed by atoms with Gasteiger partial charge in [-0.15, -0.1) is 0 Å². The molecule has 0 saturated heterocycles. The zero-order chi connectivity index (χ0) is 9.49. The van der Waals surface area contributed by atoms with E-state index in [1.165, 1.54) is 0 Å². The zero-order valence-electron chi connectivity index (χ0n) is 8.39. The second-order valence-corrected chi connectivity index (χ2v) is 4.36. The fourth-order valence-electron chi connectivity index (χ4n) is 0.187. The van der Waals surface area contributed by atoms with Crippen LogP contribution >= 0.6 is 0 Å². The Hall–Kier alpha value is -0.0800. The van der Waals surface area contributed by atoms with Crippen molar-refractivity contribution in [1.29, 1.82) is 0 Å². The van der Waals surface area contributed by atoms with Crippen LogP contribution in [-0.4, -0.2) is 22.9 Å². The lowest BCUT2D eigenvalue weighted by Gasteiger charge is -2.05. The van der Waals surface area contributed by atoms with Crippen LogP contribution in [0.15, 0.2) is 0 Å². The highest BCUT2D eigenvalue weighted by atomic mass is 16.3. The van der Waals surface area contributed by atoms with Gasteiger partial charge in [0.05, 0.1) is 6.10 Å². The highest BCUT2D eigenvalue weighted by molar-refractivity contribution is 4.47. The van der Waals surface area contributed by atoms with E-state index in [0.29, 0.717) is 11.8 Å². The molecule has 0 aromatic heterocycles. The maximum atomic E-state index is 8.39. The van der Waals surface area contributed by atoms with E-state index in [4.69, 9.17) is 10.2 Å². The fraction of sp³-hybridized carbons (Fsp3) is 1.00. The first kappa shape index (κ1) is 13.5. The SMILES string of the molecule is CC(C)(C)C.CC(O)CCO. The molecule has 0 aliphatic rings. The van der Waals surface area contributed by atoms with Crippen LogP contribution in [0.5, 0.6) is 0 Å². The summed E-state index contributed by atoms with van der Waals surface area (Å²) in [6, 6.07) is 0. The van der Waals surface area contributed by atoms with Gasteiger partial charge in [0.25, 0.3) is 0 Å². The molecule has 0 aliphatic carbocycles. The fourth-order valence-corrected chi connectivity index (χ4v) is 0.187. The highest BCUT2D eigenvalue weighted by Gasteiger charge is 1.95.